The van der Waals surface area contributed by atoms with Gasteiger partial charge in [-0.25, -0.2) is 0 Å². The van der Waals surface area contributed by atoms with Crippen LogP contribution in [0.25, 0.3) is 21.8 Å². The maximum absolute atomic E-state index is 13.5. The van der Waals surface area contributed by atoms with Gasteiger partial charge in [0.25, 0.3) is 0 Å². The highest BCUT2D eigenvalue weighted by Crippen LogP contribution is 2.36. The number of fused-ring (bicyclic) bond motifs is 3. The molecule has 0 bridgehead atoms. The number of halogens is 3. The van der Waals surface area contributed by atoms with Gasteiger partial charge in [0.1, 0.15) is 0 Å². The number of aryl methyl sites for hydroxylation is 1. The van der Waals surface area contributed by atoms with Gasteiger partial charge in [0.05, 0.1) is 11.1 Å². The summed E-state index contributed by atoms with van der Waals surface area (Å²) < 4.78 is 42.4. The lowest BCUT2D eigenvalue weighted by molar-refractivity contribution is -0.138. The lowest BCUT2D eigenvalue weighted by Crippen LogP contribution is -2.12. The maximum Gasteiger partial charge on any atom is 0.416 e. The lowest BCUT2D eigenvalue weighted by atomic mass is 10.0. The van der Waals surface area contributed by atoms with Crippen molar-refractivity contribution in [1.29, 1.82) is 0 Å². The van der Waals surface area contributed by atoms with E-state index in [4.69, 9.17) is 5.73 Å². The lowest BCUT2D eigenvalue weighted by Gasteiger charge is -2.15. The van der Waals surface area contributed by atoms with Gasteiger partial charge in [-0.05, 0) is 41.8 Å². The van der Waals surface area contributed by atoms with Crippen molar-refractivity contribution < 1.29 is 18.0 Å². The number of benzene rings is 3. The van der Waals surface area contributed by atoms with Crippen molar-refractivity contribution in [3.05, 3.63) is 82.9 Å². The smallest absolute Gasteiger partial charge is 0.366 e. The number of nitrogens with zero attached hydrogens (tertiary/aromatic N) is 1. The fraction of sp³-hybridized carbons (Fsp3) is 0.174. The van der Waals surface area contributed by atoms with Crippen molar-refractivity contribution in [2.24, 2.45) is 5.73 Å². The number of carbonyl (C=O) groups excluding carboxylic acids is 1. The Morgan fingerprint density at radius 1 is 1.00 bits per heavy atom. The van der Waals surface area contributed by atoms with E-state index in [0.717, 1.165) is 29.0 Å². The number of hydrogen-bond acceptors (Lipinski definition) is 1. The monoisotopic (exact) mass is 396 g/mol. The van der Waals surface area contributed by atoms with Crippen LogP contribution in [0.4, 0.5) is 13.2 Å². The number of primary amides is 1. The van der Waals surface area contributed by atoms with Gasteiger partial charge in [-0.2, -0.15) is 13.2 Å². The van der Waals surface area contributed by atoms with Gasteiger partial charge in [0, 0.05) is 28.4 Å². The molecule has 1 amide bonds. The average molecular weight is 396 g/mol. The summed E-state index contributed by atoms with van der Waals surface area (Å²) in [5, 5.41) is 1.47. The average Bonchev–Trinajstić information content (AvgIpc) is 3.00. The molecule has 2 N–H and O–H groups in total. The first kappa shape index (κ1) is 19.1. The van der Waals surface area contributed by atoms with E-state index in [2.05, 4.69) is 0 Å². The van der Waals surface area contributed by atoms with Crippen LogP contribution >= 0.6 is 0 Å². The standard InChI is InChI=1S/C23H19F3N2O/c1-2-14-10-11-16-20(12-14)28(19-9-5-7-17(21(16)19)22(27)29)13-15-6-3-4-8-18(15)23(24,25)26/h3-12H,2,13H2,1H3,(H2,27,29). The number of aromatic nitrogens is 1. The van der Waals surface area contributed by atoms with Gasteiger partial charge in [0.2, 0.25) is 5.91 Å². The molecule has 4 aromatic rings. The molecule has 0 radical (unpaired) electrons. The van der Waals surface area contributed by atoms with Gasteiger partial charge < -0.3 is 10.3 Å². The molecular formula is C23H19F3N2O. The molecule has 0 spiro atoms. The Kier molecular flexibility index (Phi) is 4.57. The fourth-order valence-electron chi connectivity index (χ4n) is 3.89. The number of alkyl halides is 3. The molecule has 0 aliphatic rings. The second-order valence-corrected chi connectivity index (χ2v) is 7.01. The van der Waals surface area contributed by atoms with E-state index in [9.17, 15) is 18.0 Å². The molecule has 3 aromatic carbocycles. The highest BCUT2D eigenvalue weighted by atomic mass is 19.4. The third-order valence-electron chi connectivity index (χ3n) is 5.28. The molecule has 0 aliphatic carbocycles. The molecule has 1 heterocycles. The molecule has 4 rings (SSSR count). The van der Waals surface area contributed by atoms with Crippen molar-refractivity contribution in [3.63, 3.8) is 0 Å². The van der Waals surface area contributed by atoms with Crippen LogP contribution in [0.1, 0.15) is 34.0 Å². The van der Waals surface area contributed by atoms with Crippen molar-refractivity contribution in [2.45, 2.75) is 26.1 Å². The van der Waals surface area contributed by atoms with Crippen LogP contribution in [0.3, 0.4) is 0 Å². The van der Waals surface area contributed by atoms with Crippen molar-refractivity contribution in [3.8, 4) is 0 Å². The van der Waals surface area contributed by atoms with Crippen LogP contribution in [0.15, 0.2) is 60.7 Å². The highest BCUT2D eigenvalue weighted by molar-refractivity contribution is 6.18. The van der Waals surface area contributed by atoms with E-state index in [0.29, 0.717) is 16.5 Å². The van der Waals surface area contributed by atoms with E-state index >= 15 is 0 Å². The molecule has 0 saturated heterocycles. The Labute approximate surface area is 165 Å². The summed E-state index contributed by atoms with van der Waals surface area (Å²) in [4.78, 5) is 12.0. The largest absolute Gasteiger partial charge is 0.416 e. The number of amides is 1. The minimum Gasteiger partial charge on any atom is -0.366 e. The zero-order valence-electron chi connectivity index (χ0n) is 15.8. The summed E-state index contributed by atoms with van der Waals surface area (Å²) in [5.41, 5.74) is 7.97. The molecule has 1 aromatic heterocycles. The summed E-state index contributed by atoms with van der Waals surface area (Å²) in [6.07, 6.45) is -3.65. The quantitative estimate of drug-likeness (QED) is 0.485. The molecular weight excluding hydrogens is 377 g/mol. The zero-order valence-corrected chi connectivity index (χ0v) is 15.8. The topological polar surface area (TPSA) is 48.0 Å². The van der Waals surface area contributed by atoms with Crippen molar-refractivity contribution >= 4 is 27.7 Å². The molecule has 0 atom stereocenters. The van der Waals surface area contributed by atoms with E-state index in [1.54, 1.807) is 18.2 Å². The molecule has 0 saturated carbocycles. The van der Waals surface area contributed by atoms with Crippen LogP contribution in [0.5, 0.6) is 0 Å². The molecule has 0 aliphatic heterocycles. The van der Waals surface area contributed by atoms with Gasteiger partial charge in [-0.15, -0.1) is 0 Å². The molecule has 0 fully saturated rings. The zero-order chi connectivity index (χ0) is 20.8. The molecule has 29 heavy (non-hydrogen) atoms. The van der Waals surface area contributed by atoms with E-state index < -0.39 is 17.6 Å². The first-order chi connectivity index (χ1) is 13.8. The fourth-order valence-corrected chi connectivity index (χ4v) is 3.89. The van der Waals surface area contributed by atoms with E-state index in [-0.39, 0.29) is 12.1 Å². The Morgan fingerprint density at radius 2 is 1.76 bits per heavy atom. The van der Waals surface area contributed by atoms with E-state index in [1.807, 2.05) is 35.8 Å². The van der Waals surface area contributed by atoms with Crippen LogP contribution in [-0.4, -0.2) is 10.5 Å². The molecule has 148 valence electrons. The van der Waals surface area contributed by atoms with Crippen LogP contribution < -0.4 is 5.73 Å². The van der Waals surface area contributed by atoms with Crippen molar-refractivity contribution in [1.82, 2.24) is 4.57 Å². The van der Waals surface area contributed by atoms with Crippen LogP contribution in [0, 0.1) is 0 Å². The predicted molar refractivity (Wildman–Crippen MR) is 108 cm³/mol. The first-order valence-corrected chi connectivity index (χ1v) is 9.30. The van der Waals surface area contributed by atoms with Crippen LogP contribution in [0.2, 0.25) is 0 Å². The van der Waals surface area contributed by atoms with Gasteiger partial charge >= 0.3 is 6.18 Å². The Balaban J connectivity index is 2.04. The summed E-state index contributed by atoms with van der Waals surface area (Å²) in [6.45, 7) is 2.05. The third kappa shape index (κ3) is 3.24. The normalized spacial score (nSPS) is 12.0. The summed E-state index contributed by atoms with van der Waals surface area (Å²) in [6, 6.07) is 16.6. The second-order valence-electron chi connectivity index (χ2n) is 7.01. The number of nitrogens with two attached hydrogens (primary N) is 1. The minimum atomic E-state index is -4.44. The molecule has 6 heteroatoms. The number of hydrogen-bond donors (Lipinski definition) is 1. The predicted octanol–water partition coefficient (Wildman–Crippen LogP) is 5.52. The number of carbonyl (C=O) groups is 1. The molecule has 0 unspecified atom stereocenters. The van der Waals surface area contributed by atoms with Crippen molar-refractivity contribution in [2.75, 3.05) is 0 Å². The summed E-state index contributed by atoms with van der Waals surface area (Å²) in [7, 11) is 0. The third-order valence-corrected chi connectivity index (χ3v) is 5.28. The van der Waals surface area contributed by atoms with Gasteiger partial charge in [0.15, 0.2) is 0 Å². The maximum atomic E-state index is 13.5. The number of rotatable bonds is 4. The van der Waals surface area contributed by atoms with Gasteiger partial charge in [-0.1, -0.05) is 43.3 Å². The van der Waals surface area contributed by atoms with Gasteiger partial charge in [-0.3, -0.25) is 4.79 Å². The second kappa shape index (κ2) is 6.95. The summed E-state index contributed by atoms with van der Waals surface area (Å²) in [5.74, 6) is -0.565. The Morgan fingerprint density at radius 3 is 2.45 bits per heavy atom. The SMILES string of the molecule is CCc1ccc2c3c(C(N)=O)cccc3n(Cc3ccccc3C(F)(F)F)c2c1. The minimum absolute atomic E-state index is 0.0328. The summed E-state index contributed by atoms with van der Waals surface area (Å²) >= 11 is 0. The Bertz CT molecular complexity index is 1240. The highest BCUT2D eigenvalue weighted by Gasteiger charge is 2.33. The molecule has 3 nitrogen and oxygen atoms in total. The Hall–Kier alpha value is -3.28. The van der Waals surface area contributed by atoms with E-state index in [1.165, 1.54) is 12.1 Å². The van der Waals surface area contributed by atoms with Crippen LogP contribution in [-0.2, 0) is 19.1 Å². The first-order valence-electron chi connectivity index (χ1n) is 9.30.